The average molecular weight is 361 g/mol. The largest absolute Gasteiger partial charge is 0.381 e. The van der Waals surface area contributed by atoms with Crippen molar-refractivity contribution in [2.45, 2.75) is 44.8 Å². The van der Waals surface area contributed by atoms with Crippen molar-refractivity contribution >= 4 is 15.9 Å². The Morgan fingerprint density at radius 3 is 2.67 bits per heavy atom. The van der Waals surface area contributed by atoms with Gasteiger partial charge in [-0.2, -0.15) is 0 Å². The fourth-order valence-corrected chi connectivity index (χ4v) is 3.54. The van der Waals surface area contributed by atoms with Crippen LogP contribution in [0.15, 0.2) is 4.60 Å². The van der Waals surface area contributed by atoms with Gasteiger partial charge in [-0.1, -0.05) is 12.1 Å². The predicted molar refractivity (Wildman–Crippen MR) is 84.1 cm³/mol. The van der Waals surface area contributed by atoms with Crippen LogP contribution in [0.2, 0.25) is 0 Å². The molecule has 2 heterocycles. The molecule has 1 aliphatic rings. The Morgan fingerprint density at radius 2 is 2.14 bits per heavy atom. The maximum absolute atomic E-state index is 6.23. The van der Waals surface area contributed by atoms with Crippen molar-refractivity contribution in [3.63, 3.8) is 0 Å². The van der Waals surface area contributed by atoms with Crippen molar-refractivity contribution in [3.8, 4) is 0 Å². The van der Waals surface area contributed by atoms with Crippen molar-refractivity contribution in [1.82, 2.24) is 20.3 Å². The fraction of sp³-hybridized carbons (Fsp3) is 0.857. The number of halogens is 1. The standard InChI is InChI=1S/C14H25BrN4O2/c1-4-8-16-12(11-13(15)17-18-19(11)3)14(21-5-2)6-9-20-10-7-14/h12,16H,4-10H2,1-3H3. The number of rotatable bonds is 7. The molecule has 0 aliphatic carbocycles. The van der Waals surface area contributed by atoms with Crippen molar-refractivity contribution in [2.75, 3.05) is 26.4 Å². The molecule has 0 saturated carbocycles. The van der Waals surface area contributed by atoms with Crippen molar-refractivity contribution in [3.05, 3.63) is 10.3 Å². The lowest BCUT2D eigenvalue weighted by molar-refractivity contribution is -0.129. The molecule has 2 rings (SSSR count). The minimum atomic E-state index is -0.264. The third-order valence-corrected chi connectivity index (χ3v) is 4.56. The summed E-state index contributed by atoms with van der Waals surface area (Å²) in [5.74, 6) is 0. The molecule has 0 aromatic carbocycles. The van der Waals surface area contributed by atoms with E-state index in [9.17, 15) is 0 Å². The molecule has 0 amide bonds. The molecule has 1 unspecified atom stereocenters. The van der Waals surface area contributed by atoms with Crippen LogP contribution in [0.3, 0.4) is 0 Å². The number of nitrogens with one attached hydrogen (secondary N) is 1. The Hall–Kier alpha value is -0.500. The highest BCUT2D eigenvalue weighted by atomic mass is 79.9. The second-order valence-electron chi connectivity index (χ2n) is 5.39. The summed E-state index contributed by atoms with van der Waals surface area (Å²) < 4.78 is 14.4. The molecular formula is C14H25BrN4O2. The topological polar surface area (TPSA) is 61.2 Å². The van der Waals surface area contributed by atoms with Crippen LogP contribution >= 0.6 is 15.9 Å². The van der Waals surface area contributed by atoms with E-state index in [4.69, 9.17) is 9.47 Å². The van der Waals surface area contributed by atoms with Gasteiger partial charge in [-0.05, 0) is 35.8 Å². The van der Waals surface area contributed by atoms with E-state index < -0.39 is 0 Å². The van der Waals surface area contributed by atoms with Crippen molar-refractivity contribution in [1.29, 1.82) is 0 Å². The minimum absolute atomic E-state index is 0.0516. The van der Waals surface area contributed by atoms with Gasteiger partial charge in [0.2, 0.25) is 0 Å². The molecule has 1 atom stereocenters. The van der Waals surface area contributed by atoms with Crippen molar-refractivity contribution in [2.24, 2.45) is 7.05 Å². The Labute approximate surface area is 134 Å². The van der Waals surface area contributed by atoms with Gasteiger partial charge in [-0.3, -0.25) is 0 Å². The van der Waals surface area contributed by atoms with E-state index in [1.165, 1.54) is 0 Å². The highest BCUT2D eigenvalue weighted by molar-refractivity contribution is 9.10. The van der Waals surface area contributed by atoms with Gasteiger partial charge < -0.3 is 14.8 Å². The fourth-order valence-electron chi connectivity index (χ4n) is 2.99. The van der Waals surface area contributed by atoms with Gasteiger partial charge in [0.05, 0.1) is 17.3 Å². The lowest BCUT2D eigenvalue weighted by Gasteiger charge is -2.43. The van der Waals surface area contributed by atoms with Gasteiger partial charge in [-0.15, -0.1) is 5.10 Å². The smallest absolute Gasteiger partial charge is 0.153 e. The number of aryl methyl sites for hydroxylation is 1. The first kappa shape index (κ1) is 16.9. The summed E-state index contributed by atoms with van der Waals surface area (Å²) in [6.45, 7) is 7.29. The first-order chi connectivity index (χ1) is 10.1. The summed E-state index contributed by atoms with van der Waals surface area (Å²) in [4.78, 5) is 0. The number of aromatic nitrogens is 3. The van der Waals surface area contributed by atoms with Crippen LogP contribution in [0.5, 0.6) is 0 Å². The van der Waals surface area contributed by atoms with Crippen LogP contribution in [0.1, 0.15) is 44.8 Å². The third kappa shape index (κ3) is 3.64. The lowest BCUT2D eigenvalue weighted by atomic mass is 9.84. The second kappa shape index (κ2) is 7.67. The molecule has 1 aromatic rings. The van der Waals surface area contributed by atoms with E-state index in [2.05, 4.69) is 38.5 Å². The zero-order valence-electron chi connectivity index (χ0n) is 13.1. The molecule has 0 bridgehead atoms. The van der Waals surface area contributed by atoms with E-state index in [0.717, 1.165) is 49.3 Å². The van der Waals surface area contributed by atoms with Crippen molar-refractivity contribution < 1.29 is 9.47 Å². The van der Waals surface area contributed by atoms with Gasteiger partial charge in [0, 0.05) is 39.7 Å². The summed E-state index contributed by atoms with van der Waals surface area (Å²) in [6, 6.07) is 0.0516. The molecule has 7 heteroatoms. The molecular weight excluding hydrogens is 336 g/mol. The van der Waals surface area contributed by atoms with Crippen LogP contribution < -0.4 is 5.32 Å². The molecule has 120 valence electrons. The number of ether oxygens (including phenoxy) is 2. The van der Waals surface area contributed by atoms with E-state index in [-0.39, 0.29) is 11.6 Å². The third-order valence-electron chi connectivity index (χ3n) is 4.00. The monoisotopic (exact) mass is 360 g/mol. The maximum Gasteiger partial charge on any atom is 0.153 e. The second-order valence-corrected chi connectivity index (χ2v) is 6.14. The summed E-state index contributed by atoms with van der Waals surface area (Å²) in [5, 5.41) is 11.9. The zero-order valence-corrected chi connectivity index (χ0v) is 14.6. The normalized spacial score (nSPS) is 19.6. The van der Waals surface area contributed by atoms with Crippen LogP contribution in [-0.4, -0.2) is 47.0 Å². The van der Waals surface area contributed by atoms with E-state index in [0.29, 0.717) is 6.61 Å². The Kier molecular flexibility index (Phi) is 6.16. The average Bonchev–Trinajstić information content (AvgIpc) is 2.81. The van der Waals surface area contributed by atoms with Gasteiger partial charge in [0.25, 0.3) is 0 Å². The molecule has 1 aliphatic heterocycles. The number of nitrogens with zero attached hydrogens (tertiary/aromatic N) is 3. The highest BCUT2D eigenvalue weighted by Gasteiger charge is 2.44. The Balaban J connectivity index is 2.36. The quantitative estimate of drug-likeness (QED) is 0.807. The van der Waals surface area contributed by atoms with E-state index >= 15 is 0 Å². The molecule has 1 N–H and O–H groups in total. The summed E-state index contributed by atoms with van der Waals surface area (Å²) >= 11 is 3.53. The van der Waals surface area contributed by atoms with E-state index in [1.807, 2.05) is 18.7 Å². The summed E-state index contributed by atoms with van der Waals surface area (Å²) in [5.41, 5.74) is 0.777. The molecule has 6 nitrogen and oxygen atoms in total. The SMILES string of the molecule is CCCNC(c1c(Br)nnn1C)C1(OCC)CCOCC1. The van der Waals surface area contributed by atoms with Crippen LogP contribution in [0, 0.1) is 0 Å². The van der Waals surface area contributed by atoms with Gasteiger partial charge in [0.1, 0.15) is 0 Å². The molecule has 0 radical (unpaired) electrons. The van der Waals surface area contributed by atoms with Crippen LogP contribution in [0.25, 0.3) is 0 Å². The van der Waals surface area contributed by atoms with Gasteiger partial charge in [0.15, 0.2) is 4.60 Å². The Bertz CT molecular complexity index is 421. The Morgan fingerprint density at radius 1 is 1.43 bits per heavy atom. The molecule has 1 saturated heterocycles. The van der Waals surface area contributed by atoms with Gasteiger partial charge >= 0.3 is 0 Å². The van der Waals surface area contributed by atoms with Gasteiger partial charge in [-0.25, -0.2) is 4.68 Å². The first-order valence-electron chi connectivity index (χ1n) is 7.64. The summed E-state index contributed by atoms with van der Waals surface area (Å²) in [7, 11) is 1.92. The number of hydrogen-bond acceptors (Lipinski definition) is 5. The zero-order chi connectivity index (χ0) is 15.3. The molecule has 21 heavy (non-hydrogen) atoms. The molecule has 0 spiro atoms. The molecule has 1 aromatic heterocycles. The maximum atomic E-state index is 6.23. The highest BCUT2D eigenvalue weighted by Crippen LogP contribution is 2.39. The predicted octanol–water partition coefficient (Wildman–Crippen LogP) is 2.20. The minimum Gasteiger partial charge on any atom is -0.381 e. The van der Waals surface area contributed by atoms with E-state index in [1.54, 1.807) is 0 Å². The number of hydrogen-bond donors (Lipinski definition) is 1. The molecule has 1 fully saturated rings. The summed E-state index contributed by atoms with van der Waals surface area (Å²) in [6.07, 6.45) is 2.82. The lowest BCUT2D eigenvalue weighted by Crippen LogP contribution is -2.50. The van der Waals surface area contributed by atoms with Crippen LogP contribution in [0.4, 0.5) is 0 Å². The van der Waals surface area contributed by atoms with Crippen LogP contribution in [-0.2, 0) is 16.5 Å². The first-order valence-corrected chi connectivity index (χ1v) is 8.44.